The van der Waals surface area contributed by atoms with Crippen molar-refractivity contribution in [3.8, 4) is 0 Å². The van der Waals surface area contributed by atoms with Gasteiger partial charge in [-0.3, -0.25) is 9.69 Å². The van der Waals surface area contributed by atoms with Crippen LogP contribution in [0.1, 0.15) is 57.8 Å². The first-order valence-corrected chi connectivity index (χ1v) is 7.27. The lowest BCUT2D eigenvalue weighted by Crippen LogP contribution is -2.40. The van der Waals surface area contributed by atoms with Gasteiger partial charge in [0.1, 0.15) is 0 Å². The Hall–Kier alpha value is -0.570. The van der Waals surface area contributed by atoms with Crippen molar-refractivity contribution in [2.24, 2.45) is 5.92 Å². The molecule has 0 amide bonds. The molecule has 3 aliphatic rings. The predicted molar refractivity (Wildman–Crippen MR) is 65.9 cm³/mol. The summed E-state index contributed by atoms with van der Waals surface area (Å²) in [5, 5.41) is 9.28. The summed E-state index contributed by atoms with van der Waals surface area (Å²) < 4.78 is 0. The Balaban J connectivity index is 1.73. The number of nitrogens with zero attached hydrogens (tertiary/aromatic N) is 1. The van der Waals surface area contributed by atoms with Crippen LogP contribution in [0.4, 0.5) is 0 Å². The van der Waals surface area contributed by atoms with Crippen LogP contribution in [-0.2, 0) is 4.79 Å². The molecule has 1 N–H and O–H groups in total. The van der Waals surface area contributed by atoms with E-state index in [0.29, 0.717) is 18.1 Å². The summed E-state index contributed by atoms with van der Waals surface area (Å²) in [6.45, 7) is 0. The van der Waals surface area contributed by atoms with E-state index in [0.717, 1.165) is 12.8 Å². The van der Waals surface area contributed by atoms with Crippen LogP contribution in [0.5, 0.6) is 0 Å². The largest absolute Gasteiger partial charge is 0.481 e. The Bertz CT molecular complexity index is 297. The van der Waals surface area contributed by atoms with Crippen molar-refractivity contribution in [1.29, 1.82) is 0 Å². The molecule has 1 aliphatic carbocycles. The first kappa shape index (κ1) is 11.5. The van der Waals surface area contributed by atoms with Crippen LogP contribution in [0.15, 0.2) is 0 Å². The molecule has 0 spiro atoms. The van der Waals surface area contributed by atoms with Crippen LogP contribution >= 0.6 is 0 Å². The van der Waals surface area contributed by atoms with E-state index in [9.17, 15) is 9.90 Å². The van der Waals surface area contributed by atoms with Crippen molar-refractivity contribution < 1.29 is 9.90 Å². The van der Waals surface area contributed by atoms with E-state index in [1.807, 2.05) is 0 Å². The quantitative estimate of drug-likeness (QED) is 0.751. The molecule has 2 heterocycles. The molecular weight excluding hydrogens is 214 g/mol. The van der Waals surface area contributed by atoms with Crippen LogP contribution in [0, 0.1) is 5.92 Å². The molecule has 0 aromatic carbocycles. The molecule has 3 fully saturated rings. The molecule has 0 aromatic heterocycles. The van der Waals surface area contributed by atoms with Crippen LogP contribution in [0.2, 0.25) is 0 Å². The van der Waals surface area contributed by atoms with Gasteiger partial charge in [0.2, 0.25) is 0 Å². The van der Waals surface area contributed by atoms with Crippen molar-refractivity contribution in [3.63, 3.8) is 0 Å². The minimum absolute atomic E-state index is 0.0722. The van der Waals surface area contributed by atoms with Gasteiger partial charge in [0.15, 0.2) is 0 Å². The summed E-state index contributed by atoms with van der Waals surface area (Å²) in [5.74, 6) is -0.632. The molecule has 3 heteroatoms. The van der Waals surface area contributed by atoms with E-state index in [1.54, 1.807) is 0 Å². The van der Waals surface area contributed by atoms with Crippen LogP contribution in [0.3, 0.4) is 0 Å². The molecule has 3 nitrogen and oxygen atoms in total. The van der Waals surface area contributed by atoms with E-state index < -0.39 is 5.97 Å². The number of aliphatic carboxylic acids is 1. The molecule has 3 unspecified atom stereocenters. The van der Waals surface area contributed by atoms with Gasteiger partial charge in [-0.05, 0) is 32.1 Å². The SMILES string of the molecule is O=C(O)C1CC2CCC1N2C1CCCCCC1. The van der Waals surface area contributed by atoms with Gasteiger partial charge in [-0.2, -0.15) is 0 Å². The van der Waals surface area contributed by atoms with Crippen LogP contribution in [-0.4, -0.2) is 34.1 Å². The van der Waals surface area contributed by atoms with Crippen LogP contribution < -0.4 is 0 Å². The zero-order valence-corrected chi connectivity index (χ0v) is 10.5. The monoisotopic (exact) mass is 237 g/mol. The second kappa shape index (κ2) is 4.60. The molecule has 2 saturated heterocycles. The number of rotatable bonds is 2. The van der Waals surface area contributed by atoms with Crippen molar-refractivity contribution in [3.05, 3.63) is 0 Å². The first-order valence-electron chi connectivity index (χ1n) is 7.27. The Morgan fingerprint density at radius 3 is 2.24 bits per heavy atom. The van der Waals surface area contributed by atoms with Gasteiger partial charge in [-0.15, -0.1) is 0 Å². The van der Waals surface area contributed by atoms with E-state index in [2.05, 4.69) is 4.90 Å². The van der Waals surface area contributed by atoms with Gasteiger partial charge in [0.05, 0.1) is 5.92 Å². The fraction of sp³-hybridized carbons (Fsp3) is 0.929. The lowest BCUT2D eigenvalue weighted by atomic mass is 9.89. The number of carboxylic acids is 1. The molecule has 1 saturated carbocycles. The summed E-state index contributed by atoms with van der Waals surface area (Å²) in [4.78, 5) is 13.9. The minimum atomic E-state index is -0.559. The highest BCUT2D eigenvalue weighted by molar-refractivity contribution is 5.71. The maximum atomic E-state index is 11.3. The van der Waals surface area contributed by atoms with E-state index in [-0.39, 0.29) is 5.92 Å². The topological polar surface area (TPSA) is 40.5 Å². The molecule has 17 heavy (non-hydrogen) atoms. The van der Waals surface area contributed by atoms with E-state index in [4.69, 9.17) is 0 Å². The van der Waals surface area contributed by atoms with Crippen molar-refractivity contribution in [1.82, 2.24) is 4.90 Å². The Labute approximate surface area is 103 Å². The standard InChI is InChI=1S/C14H23NO2/c16-14(17)12-9-11-7-8-13(12)15(11)10-5-3-1-2-4-6-10/h10-13H,1-9H2,(H,16,17). The summed E-state index contributed by atoms with van der Waals surface area (Å²) in [6.07, 6.45) is 11.3. The highest BCUT2D eigenvalue weighted by Crippen LogP contribution is 2.45. The van der Waals surface area contributed by atoms with E-state index in [1.165, 1.54) is 44.9 Å². The maximum Gasteiger partial charge on any atom is 0.308 e. The van der Waals surface area contributed by atoms with Crippen molar-refractivity contribution in [2.75, 3.05) is 0 Å². The lowest BCUT2D eigenvalue weighted by molar-refractivity contribution is -0.142. The number of carboxylic acid groups (broad SMARTS) is 1. The summed E-state index contributed by atoms with van der Waals surface area (Å²) in [5.41, 5.74) is 0. The normalized spacial score (nSPS) is 39.4. The average molecular weight is 237 g/mol. The number of hydrogen-bond acceptors (Lipinski definition) is 2. The number of fused-ring (bicyclic) bond motifs is 2. The summed E-state index contributed by atoms with van der Waals surface area (Å²) >= 11 is 0. The van der Waals surface area contributed by atoms with Gasteiger partial charge >= 0.3 is 5.97 Å². The highest BCUT2D eigenvalue weighted by Gasteiger charge is 2.51. The Morgan fingerprint density at radius 1 is 0.941 bits per heavy atom. The van der Waals surface area contributed by atoms with Gasteiger partial charge in [-0.1, -0.05) is 25.7 Å². The fourth-order valence-electron chi connectivity index (χ4n) is 4.42. The maximum absolute atomic E-state index is 11.3. The molecular formula is C14H23NO2. The van der Waals surface area contributed by atoms with Gasteiger partial charge in [0, 0.05) is 18.1 Å². The van der Waals surface area contributed by atoms with Crippen molar-refractivity contribution in [2.45, 2.75) is 75.9 Å². The molecule has 96 valence electrons. The molecule has 2 bridgehead atoms. The first-order chi connectivity index (χ1) is 8.27. The average Bonchev–Trinajstić information content (AvgIpc) is 2.77. The Morgan fingerprint density at radius 2 is 1.65 bits per heavy atom. The third-order valence-corrected chi connectivity index (χ3v) is 5.15. The van der Waals surface area contributed by atoms with Crippen molar-refractivity contribution >= 4 is 5.97 Å². The molecule has 2 aliphatic heterocycles. The summed E-state index contributed by atoms with van der Waals surface area (Å²) in [6, 6.07) is 1.64. The van der Waals surface area contributed by atoms with Crippen LogP contribution in [0.25, 0.3) is 0 Å². The second-order valence-corrected chi connectivity index (χ2v) is 6.07. The zero-order chi connectivity index (χ0) is 11.8. The third-order valence-electron chi connectivity index (χ3n) is 5.15. The molecule has 0 radical (unpaired) electrons. The van der Waals surface area contributed by atoms with Gasteiger partial charge in [-0.25, -0.2) is 0 Å². The lowest BCUT2D eigenvalue weighted by Gasteiger charge is -2.31. The molecule has 3 atom stereocenters. The number of hydrogen-bond donors (Lipinski definition) is 1. The van der Waals surface area contributed by atoms with Gasteiger partial charge in [0.25, 0.3) is 0 Å². The van der Waals surface area contributed by atoms with E-state index >= 15 is 0 Å². The zero-order valence-electron chi connectivity index (χ0n) is 10.5. The Kier molecular flexibility index (Phi) is 3.12. The molecule has 0 aromatic rings. The number of carbonyl (C=O) groups is 1. The minimum Gasteiger partial charge on any atom is -0.481 e. The predicted octanol–water partition coefficient (Wildman–Crippen LogP) is 2.65. The fourth-order valence-corrected chi connectivity index (χ4v) is 4.42. The second-order valence-electron chi connectivity index (χ2n) is 6.07. The highest BCUT2D eigenvalue weighted by atomic mass is 16.4. The summed E-state index contributed by atoms with van der Waals surface area (Å²) in [7, 11) is 0. The molecule has 3 rings (SSSR count). The third kappa shape index (κ3) is 1.99. The van der Waals surface area contributed by atoms with Gasteiger partial charge < -0.3 is 5.11 Å². The smallest absolute Gasteiger partial charge is 0.308 e.